The zero-order valence-corrected chi connectivity index (χ0v) is 19.8. The second-order valence-electron chi connectivity index (χ2n) is 6.85. The molecule has 3 aromatic rings. The van der Waals surface area contributed by atoms with Gasteiger partial charge in [-0.15, -0.1) is 0 Å². The van der Waals surface area contributed by atoms with Gasteiger partial charge >= 0.3 is 0 Å². The van der Waals surface area contributed by atoms with Crippen LogP contribution in [-0.4, -0.2) is 20.9 Å². The largest absolute Gasteiger partial charge is 0.324 e. The van der Waals surface area contributed by atoms with Crippen LogP contribution in [0.1, 0.15) is 18.1 Å². The van der Waals surface area contributed by atoms with Crippen molar-refractivity contribution in [3.05, 3.63) is 87.5 Å². The smallest absolute Gasteiger partial charge is 0.264 e. The number of nitrogens with one attached hydrogen (secondary N) is 1. The third kappa shape index (κ3) is 5.20. The molecule has 3 rings (SSSR count). The van der Waals surface area contributed by atoms with Gasteiger partial charge in [0.25, 0.3) is 10.0 Å². The van der Waals surface area contributed by atoms with E-state index in [-0.39, 0.29) is 11.4 Å². The van der Waals surface area contributed by atoms with Crippen LogP contribution in [0.3, 0.4) is 0 Å². The lowest BCUT2D eigenvalue weighted by atomic mass is 10.1. The number of aryl methyl sites for hydroxylation is 2. The number of carbonyl (C=O) groups is 1. The zero-order valence-electron chi connectivity index (χ0n) is 16.8. The minimum Gasteiger partial charge on any atom is -0.324 e. The average Bonchev–Trinajstić information content (AvgIpc) is 2.75. The Hall–Kier alpha value is -2.39. The summed E-state index contributed by atoms with van der Waals surface area (Å²) < 4.78 is 28.9. The summed E-state index contributed by atoms with van der Waals surface area (Å²) in [6.45, 7) is 3.61. The number of hydrogen-bond acceptors (Lipinski definition) is 3. The minimum atomic E-state index is -3.91. The molecule has 5 nitrogen and oxygen atoms in total. The highest BCUT2D eigenvalue weighted by molar-refractivity contribution is 14.1. The second-order valence-corrected chi connectivity index (χ2v) is 9.96. The number of carbonyl (C=O) groups excluding carboxylic acids is 1. The van der Waals surface area contributed by atoms with Gasteiger partial charge in [0.05, 0.1) is 10.6 Å². The summed E-state index contributed by atoms with van der Waals surface area (Å²) in [5.74, 6) is -0.404. The van der Waals surface area contributed by atoms with E-state index in [1.165, 1.54) is 12.1 Å². The van der Waals surface area contributed by atoms with E-state index in [4.69, 9.17) is 0 Å². The minimum absolute atomic E-state index is 0.141. The molecule has 0 aromatic heterocycles. The van der Waals surface area contributed by atoms with Crippen molar-refractivity contribution >= 4 is 49.9 Å². The molecule has 0 bridgehead atoms. The van der Waals surface area contributed by atoms with Crippen LogP contribution in [0, 0.1) is 10.5 Å². The highest BCUT2D eigenvalue weighted by Gasteiger charge is 2.27. The normalized spacial score (nSPS) is 11.2. The molecule has 1 N–H and O–H groups in total. The lowest BCUT2D eigenvalue weighted by Gasteiger charge is -2.24. The molecular weight excluding hydrogens is 511 g/mol. The Balaban J connectivity index is 1.93. The summed E-state index contributed by atoms with van der Waals surface area (Å²) in [5, 5.41) is 2.84. The molecule has 0 saturated carbocycles. The fourth-order valence-electron chi connectivity index (χ4n) is 3.02. The summed E-state index contributed by atoms with van der Waals surface area (Å²) in [6.07, 6.45) is 0.846. The molecule has 0 aliphatic rings. The summed E-state index contributed by atoms with van der Waals surface area (Å²) in [4.78, 5) is 13.0. The molecule has 0 atom stereocenters. The van der Waals surface area contributed by atoms with E-state index >= 15 is 0 Å². The molecule has 156 valence electrons. The van der Waals surface area contributed by atoms with Crippen LogP contribution in [0.15, 0.2) is 77.7 Å². The average molecular weight is 534 g/mol. The summed E-state index contributed by atoms with van der Waals surface area (Å²) in [6, 6.07) is 21.1. The van der Waals surface area contributed by atoms with Crippen molar-refractivity contribution < 1.29 is 13.2 Å². The number of hydrogen-bond donors (Lipinski definition) is 1. The standard InChI is InChI=1S/C23H23IN2O3S/c1-3-18-9-12-20(13-10-18)26(30(28,29)21-7-5-4-6-8-21)16-23(27)25-22-14-11-19(24)15-17(22)2/h4-15H,3,16H2,1-2H3,(H,25,27). The van der Waals surface area contributed by atoms with Crippen LogP contribution in [0.2, 0.25) is 0 Å². The third-order valence-corrected chi connectivity index (χ3v) is 7.17. The monoisotopic (exact) mass is 534 g/mol. The summed E-state index contributed by atoms with van der Waals surface area (Å²) in [5.41, 5.74) is 3.12. The highest BCUT2D eigenvalue weighted by Crippen LogP contribution is 2.25. The van der Waals surface area contributed by atoms with Crippen molar-refractivity contribution in [3.63, 3.8) is 0 Å². The predicted molar refractivity (Wildman–Crippen MR) is 129 cm³/mol. The topological polar surface area (TPSA) is 66.5 Å². The van der Waals surface area contributed by atoms with E-state index in [2.05, 4.69) is 27.9 Å². The van der Waals surface area contributed by atoms with Crippen molar-refractivity contribution in [2.24, 2.45) is 0 Å². The molecule has 1 amide bonds. The first-order chi connectivity index (χ1) is 14.3. The van der Waals surface area contributed by atoms with Gasteiger partial charge < -0.3 is 5.32 Å². The Labute approximate surface area is 191 Å². The molecule has 7 heteroatoms. The fourth-order valence-corrected chi connectivity index (χ4v) is 5.11. The molecule has 0 saturated heterocycles. The Morgan fingerprint density at radius 2 is 1.67 bits per heavy atom. The molecule has 0 aliphatic carbocycles. The number of benzene rings is 3. The summed E-state index contributed by atoms with van der Waals surface area (Å²) >= 11 is 2.21. The van der Waals surface area contributed by atoms with Crippen molar-refractivity contribution in [3.8, 4) is 0 Å². The first kappa shape index (κ1) is 22.3. The van der Waals surface area contributed by atoms with Gasteiger partial charge in [-0.1, -0.05) is 37.3 Å². The van der Waals surface area contributed by atoms with E-state index < -0.39 is 15.9 Å². The maximum atomic E-state index is 13.3. The van der Waals surface area contributed by atoms with E-state index in [1.807, 2.05) is 44.2 Å². The molecule has 0 heterocycles. The number of anilines is 2. The van der Waals surface area contributed by atoms with Crippen molar-refractivity contribution in [1.82, 2.24) is 0 Å². The molecule has 0 radical (unpaired) electrons. The van der Waals surface area contributed by atoms with E-state index in [0.29, 0.717) is 11.4 Å². The van der Waals surface area contributed by atoms with Gasteiger partial charge in [-0.3, -0.25) is 9.10 Å². The van der Waals surface area contributed by atoms with Gasteiger partial charge in [0.2, 0.25) is 5.91 Å². The number of sulfonamides is 1. The fraction of sp³-hybridized carbons (Fsp3) is 0.174. The van der Waals surface area contributed by atoms with Crippen molar-refractivity contribution in [1.29, 1.82) is 0 Å². The Morgan fingerprint density at radius 3 is 2.27 bits per heavy atom. The van der Waals surface area contributed by atoms with Crippen molar-refractivity contribution in [2.45, 2.75) is 25.2 Å². The third-order valence-electron chi connectivity index (χ3n) is 4.71. The van der Waals surface area contributed by atoms with Gasteiger partial charge in [-0.25, -0.2) is 8.42 Å². The molecule has 0 aliphatic heterocycles. The Kier molecular flexibility index (Phi) is 7.14. The number of nitrogens with zero attached hydrogens (tertiary/aromatic N) is 1. The SMILES string of the molecule is CCc1ccc(N(CC(=O)Nc2ccc(I)cc2C)S(=O)(=O)c2ccccc2)cc1. The second kappa shape index (κ2) is 9.61. The maximum Gasteiger partial charge on any atom is 0.264 e. The Bertz CT molecular complexity index is 1130. The van der Waals surface area contributed by atoms with E-state index in [9.17, 15) is 13.2 Å². The molecule has 0 fully saturated rings. The lowest BCUT2D eigenvalue weighted by Crippen LogP contribution is -2.38. The van der Waals surface area contributed by atoms with Crippen molar-refractivity contribution in [2.75, 3.05) is 16.2 Å². The number of rotatable bonds is 7. The van der Waals surface area contributed by atoms with Crippen LogP contribution in [0.5, 0.6) is 0 Å². The maximum absolute atomic E-state index is 13.3. The molecule has 3 aromatic carbocycles. The predicted octanol–water partition coefficient (Wildman–Crippen LogP) is 5.00. The van der Waals surface area contributed by atoms with Crippen LogP contribution in [0.25, 0.3) is 0 Å². The Morgan fingerprint density at radius 1 is 1.00 bits per heavy atom. The zero-order chi connectivity index (χ0) is 21.7. The number of amides is 1. The molecule has 0 spiro atoms. The quantitative estimate of drug-likeness (QED) is 0.435. The highest BCUT2D eigenvalue weighted by atomic mass is 127. The summed E-state index contributed by atoms with van der Waals surface area (Å²) in [7, 11) is -3.91. The molecular formula is C23H23IN2O3S. The first-order valence-electron chi connectivity index (χ1n) is 9.54. The van der Waals surface area contributed by atoms with Crippen LogP contribution in [-0.2, 0) is 21.2 Å². The van der Waals surface area contributed by atoms with Gasteiger partial charge in [0.15, 0.2) is 0 Å². The van der Waals surface area contributed by atoms with Gasteiger partial charge in [-0.2, -0.15) is 0 Å². The van der Waals surface area contributed by atoms with Gasteiger partial charge in [-0.05, 0) is 89.5 Å². The van der Waals surface area contributed by atoms with E-state index in [0.717, 1.165) is 25.4 Å². The van der Waals surface area contributed by atoms with Crippen LogP contribution < -0.4 is 9.62 Å². The molecule has 30 heavy (non-hydrogen) atoms. The number of halogens is 1. The molecule has 0 unspecified atom stereocenters. The first-order valence-corrected chi connectivity index (χ1v) is 12.1. The van der Waals surface area contributed by atoms with Gasteiger partial charge in [0.1, 0.15) is 6.54 Å². The van der Waals surface area contributed by atoms with E-state index in [1.54, 1.807) is 30.3 Å². The van der Waals surface area contributed by atoms with Crippen LogP contribution >= 0.6 is 22.6 Å². The van der Waals surface area contributed by atoms with Gasteiger partial charge in [0, 0.05) is 9.26 Å². The lowest BCUT2D eigenvalue weighted by molar-refractivity contribution is -0.114. The van der Waals surface area contributed by atoms with Crippen LogP contribution in [0.4, 0.5) is 11.4 Å².